The van der Waals surface area contributed by atoms with E-state index in [1.54, 1.807) is 7.11 Å². The lowest BCUT2D eigenvalue weighted by atomic mass is 10.1. The smallest absolute Gasteiger partial charge is 0.126 e. The van der Waals surface area contributed by atoms with E-state index in [9.17, 15) is 0 Å². The van der Waals surface area contributed by atoms with Crippen LogP contribution in [0.4, 0.5) is 0 Å². The Balaban J connectivity index is 2.77. The zero-order valence-corrected chi connectivity index (χ0v) is 9.71. The zero-order valence-electron chi connectivity index (χ0n) is 9.71. The van der Waals surface area contributed by atoms with E-state index >= 15 is 0 Å². The van der Waals surface area contributed by atoms with Crippen LogP contribution in [0, 0.1) is 0 Å². The van der Waals surface area contributed by atoms with Gasteiger partial charge >= 0.3 is 0 Å². The van der Waals surface area contributed by atoms with Crippen LogP contribution in [0.25, 0.3) is 6.08 Å². The van der Waals surface area contributed by atoms with Crippen LogP contribution < -0.4 is 10.1 Å². The topological polar surface area (TPSA) is 21.3 Å². The number of hydrogen-bond donors (Lipinski definition) is 1. The quantitative estimate of drug-likeness (QED) is 0.798. The molecule has 0 fully saturated rings. The summed E-state index contributed by atoms with van der Waals surface area (Å²) in [6, 6.07) is 8.05. The summed E-state index contributed by atoms with van der Waals surface area (Å²) >= 11 is 0. The molecule has 0 aliphatic heterocycles. The van der Waals surface area contributed by atoms with E-state index in [1.807, 2.05) is 18.2 Å². The highest BCUT2D eigenvalue weighted by molar-refractivity contribution is 5.59. The molecule has 0 aliphatic carbocycles. The first-order valence-electron chi connectivity index (χ1n) is 5.28. The predicted octanol–water partition coefficient (Wildman–Crippen LogP) is 2.71. The molecular weight excluding hydrogens is 186 g/mol. The van der Waals surface area contributed by atoms with Crippen molar-refractivity contribution in [3.63, 3.8) is 0 Å². The van der Waals surface area contributed by atoms with Crippen LogP contribution in [-0.2, 0) is 0 Å². The van der Waals surface area contributed by atoms with Crippen LogP contribution in [0.15, 0.2) is 29.8 Å². The lowest BCUT2D eigenvalue weighted by Gasteiger charge is -2.06. The van der Waals surface area contributed by atoms with Crippen molar-refractivity contribution >= 4 is 6.08 Å². The van der Waals surface area contributed by atoms with Crippen molar-refractivity contribution in [3.05, 3.63) is 35.4 Å². The second kappa shape index (κ2) is 6.25. The third-order valence-corrected chi connectivity index (χ3v) is 2.19. The molecule has 0 heterocycles. The highest BCUT2D eigenvalue weighted by Crippen LogP contribution is 2.19. The molecule has 1 aromatic carbocycles. The highest BCUT2D eigenvalue weighted by atomic mass is 16.5. The van der Waals surface area contributed by atoms with E-state index in [-0.39, 0.29) is 0 Å². The first kappa shape index (κ1) is 11.8. The minimum Gasteiger partial charge on any atom is -0.496 e. The van der Waals surface area contributed by atoms with Gasteiger partial charge in [0.25, 0.3) is 0 Å². The highest BCUT2D eigenvalue weighted by Gasteiger charge is 1.98. The number of benzene rings is 1. The predicted molar refractivity (Wildman–Crippen MR) is 65.2 cm³/mol. The lowest BCUT2D eigenvalue weighted by molar-refractivity contribution is 0.414. The fourth-order valence-corrected chi connectivity index (χ4v) is 1.42. The van der Waals surface area contributed by atoms with Gasteiger partial charge in [0.1, 0.15) is 5.75 Å². The summed E-state index contributed by atoms with van der Waals surface area (Å²) in [5, 5.41) is 3.30. The van der Waals surface area contributed by atoms with Gasteiger partial charge in [0.15, 0.2) is 0 Å². The maximum Gasteiger partial charge on any atom is 0.126 e. The Morgan fingerprint density at radius 1 is 1.40 bits per heavy atom. The molecule has 0 aliphatic rings. The SMILES string of the molecule is CCNCC(C)=Cc1ccccc1OC. The minimum absolute atomic E-state index is 0.924. The summed E-state index contributed by atoms with van der Waals surface area (Å²) in [7, 11) is 1.70. The number of para-hydroxylation sites is 1. The Morgan fingerprint density at radius 3 is 2.80 bits per heavy atom. The second-order valence-corrected chi connectivity index (χ2v) is 3.51. The molecule has 0 unspecified atom stereocenters. The minimum atomic E-state index is 0.924. The third kappa shape index (κ3) is 3.76. The standard InChI is InChI=1S/C13H19NO/c1-4-14-10-11(2)9-12-7-5-6-8-13(12)15-3/h5-9,14H,4,10H2,1-3H3. The van der Waals surface area contributed by atoms with Crippen molar-refractivity contribution in [1.29, 1.82) is 0 Å². The Hall–Kier alpha value is -1.28. The fourth-order valence-electron chi connectivity index (χ4n) is 1.42. The normalized spacial score (nSPS) is 11.5. The van der Waals surface area contributed by atoms with E-state index in [0.29, 0.717) is 0 Å². The zero-order chi connectivity index (χ0) is 11.1. The van der Waals surface area contributed by atoms with Crippen LogP contribution in [0.5, 0.6) is 5.75 Å². The fraction of sp³-hybridized carbons (Fsp3) is 0.385. The summed E-state index contributed by atoms with van der Waals surface area (Å²) in [5.41, 5.74) is 2.44. The largest absolute Gasteiger partial charge is 0.496 e. The van der Waals surface area contributed by atoms with Gasteiger partial charge in [-0.3, -0.25) is 0 Å². The molecule has 0 saturated heterocycles. The molecule has 0 amide bonds. The first-order valence-corrected chi connectivity index (χ1v) is 5.28. The number of nitrogens with one attached hydrogen (secondary N) is 1. The van der Waals surface area contributed by atoms with Gasteiger partial charge in [0, 0.05) is 12.1 Å². The number of rotatable bonds is 5. The van der Waals surface area contributed by atoms with Crippen molar-refractivity contribution in [2.75, 3.05) is 20.2 Å². The molecule has 0 bridgehead atoms. The number of ether oxygens (including phenoxy) is 1. The summed E-state index contributed by atoms with van der Waals surface area (Å²) in [6.07, 6.45) is 2.15. The molecule has 2 nitrogen and oxygen atoms in total. The average Bonchev–Trinajstić information content (AvgIpc) is 2.27. The van der Waals surface area contributed by atoms with E-state index in [2.05, 4.69) is 31.3 Å². The number of methoxy groups -OCH3 is 1. The summed E-state index contributed by atoms with van der Waals surface area (Å²) < 4.78 is 5.29. The van der Waals surface area contributed by atoms with Crippen LogP contribution in [0.2, 0.25) is 0 Å². The first-order chi connectivity index (χ1) is 7.27. The second-order valence-electron chi connectivity index (χ2n) is 3.51. The van der Waals surface area contributed by atoms with Crippen LogP contribution in [0.1, 0.15) is 19.4 Å². The monoisotopic (exact) mass is 205 g/mol. The van der Waals surface area contributed by atoms with Crippen molar-refractivity contribution < 1.29 is 4.74 Å². The van der Waals surface area contributed by atoms with Gasteiger partial charge in [0.05, 0.1) is 7.11 Å². The van der Waals surface area contributed by atoms with Crippen molar-refractivity contribution in [2.24, 2.45) is 0 Å². The van der Waals surface area contributed by atoms with Gasteiger partial charge in [-0.25, -0.2) is 0 Å². The van der Waals surface area contributed by atoms with Gasteiger partial charge in [-0.2, -0.15) is 0 Å². The molecule has 15 heavy (non-hydrogen) atoms. The molecule has 0 aromatic heterocycles. The molecule has 82 valence electrons. The van der Waals surface area contributed by atoms with Crippen LogP contribution in [-0.4, -0.2) is 20.2 Å². The van der Waals surface area contributed by atoms with Gasteiger partial charge < -0.3 is 10.1 Å². The average molecular weight is 205 g/mol. The molecular formula is C13H19NO. The molecule has 1 N–H and O–H groups in total. The third-order valence-electron chi connectivity index (χ3n) is 2.19. The van der Waals surface area contributed by atoms with E-state index in [1.165, 1.54) is 5.57 Å². The maximum absolute atomic E-state index is 5.29. The van der Waals surface area contributed by atoms with E-state index in [4.69, 9.17) is 4.74 Å². The molecule has 0 saturated carbocycles. The summed E-state index contributed by atoms with van der Waals surface area (Å²) in [4.78, 5) is 0. The van der Waals surface area contributed by atoms with Gasteiger partial charge in [-0.1, -0.05) is 36.8 Å². The van der Waals surface area contributed by atoms with Crippen LogP contribution >= 0.6 is 0 Å². The van der Waals surface area contributed by atoms with E-state index in [0.717, 1.165) is 24.4 Å². The van der Waals surface area contributed by atoms with Gasteiger partial charge in [-0.15, -0.1) is 0 Å². The molecule has 1 rings (SSSR count). The number of hydrogen-bond acceptors (Lipinski definition) is 2. The molecule has 0 radical (unpaired) electrons. The van der Waals surface area contributed by atoms with Gasteiger partial charge in [-0.05, 0) is 19.5 Å². The molecule has 0 atom stereocenters. The van der Waals surface area contributed by atoms with Crippen molar-refractivity contribution in [1.82, 2.24) is 5.32 Å². The summed E-state index contributed by atoms with van der Waals surface area (Å²) in [5.74, 6) is 0.924. The molecule has 1 aromatic rings. The number of likely N-dealkylation sites (N-methyl/N-ethyl adjacent to an activating group) is 1. The van der Waals surface area contributed by atoms with E-state index < -0.39 is 0 Å². The maximum atomic E-state index is 5.29. The molecule has 0 spiro atoms. The van der Waals surface area contributed by atoms with Crippen molar-refractivity contribution in [3.8, 4) is 5.75 Å². The lowest BCUT2D eigenvalue weighted by Crippen LogP contribution is -2.14. The Bertz CT molecular complexity index is 331. The summed E-state index contributed by atoms with van der Waals surface area (Å²) in [6.45, 7) is 6.15. The molecule has 2 heteroatoms. The van der Waals surface area contributed by atoms with Gasteiger partial charge in [0.2, 0.25) is 0 Å². The van der Waals surface area contributed by atoms with Crippen molar-refractivity contribution in [2.45, 2.75) is 13.8 Å². The Labute approximate surface area is 92.0 Å². The Morgan fingerprint density at radius 2 is 2.13 bits per heavy atom. The Kier molecular flexibility index (Phi) is 4.91. The van der Waals surface area contributed by atoms with Crippen LogP contribution in [0.3, 0.4) is 0 Å².